The number of nitrogens with zero attached hydrogens (tertiary/aromatic N) is 4. The molecule has 28 heavy (non-hydrogen) atoms. The molecule has 1 amide bonds. The maximum atomic E-state index is 14.1. The van der Waals surface area contributed by atoms with Gasteiger partial charge in [0, 0.05) is 12.2 Å². The fourth-order valence-electron chi connectivity index (χ4n) is 3.08. The van der Waals surface area contributed by atoms with Gasteiger partial charge in [-0.15, -0.1) is 0 Å². The van der Waals surface area contributed by atoms with E-state index in [0.717, 1.165) is 11.3 Å². The minimum Gasteiger partial charge on any atom is -0.278 e. The van der Waals surface area contributed by atoms with E-state index in [4.69, 9.17) is 0 Å². The monoisotopic (exact) mass is 394 g/mol. The topological polar surface area (TPSA) is 51.0 Å². The van der Waals surface area contributed by atoms with Gasteiger partial charge in [0.05, 0.1) is 11.2 Å². The quantitative estimate of drug-likeness (QED) is 0.488. The number of carbonyl (C=O) groups is 1. The summed E-state index contributed by atoms with van der Waals surface area (Å²) in [6.45, 7) is 4.91. The van der Waals surface area contributed by atoms with Crippen LogP contribution < -0.4 is 4.90 Å². The van der Waals surface area contributed by atoms with Crippen molar-refractivity contribution < 1.29 is 9.18 Å². The van der Waals surface area contributed by atoms with Crippen LogP contribution in [0.3, 0.4) is 0 Å². The molecule has 0 radical (unpaired) electrons. The van der Waals surface area contributed by atoms with Crippen molar-refractivity contribution in [2.45, 2.75) is 26.9 Å². The van der Waals surface area contributed by atoms with E-state index in [2.05, 4.69) is 10.1 Å². The fourth-order valence-corrected chi connectivity index (χ4v) is 4.06. The van der Waals surface area contributed by atoms with Crippen LogP contribution in [0.5, 0.6) is 0 Å². The average Bonchev–Trinajstić information content (AvgIpc) is 3.30. The lowest BCUT2D eigenvalue weighted by Gasteiger charge is -2.19. The first kappa shape index (κ1) is 18.3. The van der Waals surface area contributed by atoms with Gasteiger partial charge in [-0.05, 0) is 37.6 Å². The molecule has 0 atom stereocenters. The Morgan fingerprint density at radius 2 is 1.96 bits per heavy atom. The summed E-state index contributed by atoms with van der Waals surface area (Å²) in [5.74, 6) is -0.642. The SMILES string of the molecule is CCn1nc(C(=O)N(Cc2ccccc2)c2nc3c(F)cccc3s2)cc1C. The number of amides is 1. The Balaban J connectivity index is 1.78. The molecule has 0 aliphatic heterocycles. The van der Waals surface area contributed by atoms with Crippen molar-refractivity contribution in [2.75, 3.05) is 4.90 Å². The van der Waals surface area contributed by atoms with E-state index in [0.29, 0.717) is 28.6 Å². The zero-order chi connectivity index (χ0) is 19.7. The third kappa shape index (κ3) is 3.41. The number of benzene rings is 2. The van der Waals surface area contributed by atoms with E-state index in [1.165, 1.54) is 17.4 Å². The van der Waals surface area contributed by atoms with Gasteiger partial charge in [-0.25, -0.2) is 9.37 Å². The molecule has 4 aromatic rings. The summed E-state index contributed by atoms with van der Waals surface area (Å²) in [6.07, 6.45) is 0. The second-order valence-electron chi connectivity index (χ2n) is 6.45. The van der Waals surface area contributed by atoms with Gasteiger partial charge >= 0.3 is 0 Å². The molecule has 0 bridgehead atoms. The van der Waals surface area contributed by atoms with Gasteiger partial charge in [-0.2, -0.15) is 5.10 Å². The lowest BCUT2D eigenvalue weighted by Crippen LogP contribution is -2.30. The molecule has 0 N–H and O–H groups in total. The van der Waals surface area contributed by atoms with Crippen molar-refractivity contribution in [3.05, 3.63) is 77.4 Å². The van der Waals surface area contributed by atoms with Gasteiger partial charge in [0.25, 0.3) is 5.91 Å². The summed E-state index contributed by atoms with van der Waals surface area (Å²) in [6, 6.07) is 16.3. The van der Waals surface area contributed by atoms with Crippen LogP contribution in [0.15, 0.2) is 54.6 Å². The Hall–Kier alpha value is -3.06. The molecule has 0 saturated carbocycles. The molecule has 0 fully saturated rings. The molecule has 2 aromatic heterocycles. The van der Waals surface area contributed by atoms with Crippen LogP contribution >= 0.6 is 11.3 Å². The highest BCUT2D eigenvalue weighted by Gasteiger charge is 2.25. The highest BCUT2D eigenvalue weighted by molar-refractivity contribution is 7.22. The summed E-state index contributed by atoms with van der Waals surface area (Å²) in [5, 5.41) is 4.87. The third-order valence-electron chi connectivity index (χ3n) is 4.52. The van der Waals surface area contributed by atoms with Gasteiger partial charge in [-0.1, -0.05) is 47.7 Å². The fraction of sp³-hybridized carbons (Fsp3) is 0.190. The lowest BCUT2D eigenvalue weighted by atomic mass is 10.2. The maximum Gasteiger partial charge on any atom is 0.280 e. The minimum absolute atomic E-state index is 0.251. The number of thiazole rings is 1. The number of para-hydroxylation sites is 1. The van der Waals surface area contributed by atoms with E-state index in [1.807, 2.05) is 44.2 Å². The minimum atomic E-state index is -0.391. The van der Waals surface area contributed by atoms with Crippen molar-refractivity contribution in [3.63, 3.8) is 0 Å². The number of hydrogen-bond acceptors (Lipinski definition) is 4. The molecule has 0 saturated heterocycles. The van der Waals surface area contributed by atoms with Crippen molar-refractivity contribution in [1.29, 1.82) is 0 Å². The number of hydrogen-bond donors (Lipinski definition) is 0. The second kappa shape index (κ2) is 7.52. The molecule has 0 unspecified atom stereocenters. The van der Waals surface area contributed by atoms with Gasteiger partial charge < -0.3 is 0 Å². The Morgan fingerprint density at radius 3 is 2.64 bits per heavy atom. The number of rotatable bonds is 5. The normalized spacial score (nSPS) is 11.1. The molecule has 0 aliphatic rings. The molecule has 2 aromatic carbocycles. The number of aryl methyl sites for hydroxylation is 2. The van der Waals surface area contributed by atoms with E-state index in [-0.39, 0.29) is 11.4 Å². The van der Waals surface area contributed by atoms with Crippen LogP contribution in [-0.2, 0) is 13.1 Å². The molecule has 142 valence electrons. The molecule has 0 aliphatic carbocycles. The number of aromatic nitrogens is 3. The van der Waals surface area contributed by atoms with Gasteiger partial charge in [0.2, 0.25) is 0 Å². The zero-order valence-electron chi connectivity index (χ0n) is 15.6. The van der Waals surface area contributed by atoms with E-state index in [1.54, 1.807) is 27.8 Å². The Morgan fingerprint density at radius 1 is 1.18 bits per heavy atom. The molecular formula is C21H19FN4OS. The predicted molar refractivity (Wildman–Crippen MR) is 109 cm³/mol. The molecular weight excluding hydrogens is 375 g/mol. The molecule has 2 heterocycles. The number of carbonyl (C=O) groups excluding carboxylic acids is 1. The van der Waals surface area contributed by atoms with Crippen molar-refractivity contribution in [2.24, 2.45) is 0 Å². The van der Waals surface area contributed by atoms with Crippen LogP contribution in [-0.4, -0.2) is 20.7 Å². The van der Waals surface area contributed by atoms with Crippen LogP contribution in [0, 0.1) is 12.7 Å². The van der Waals surface area contributed by atoms with Gasteiger partial charge in [0.15, 0.2) is 10.8 Å². The summed E-state index contributed by atoms with van der Waals surface area (Å²) in [7, 11) is 0. The summed E-state index contributed by atoms with van der Waals surface area (Å²) in [4.78, 5) is 19.3. The lowest BCUT2D eigenvalue weighted by molar-refractivity contribution is 0.0979. The molecule has 7 heteroatoms. The highest BCUT2D eigenvalue weighted by atomic mass is 32.1. The van der Waals surface area contributed by atoms with Gasteiger partial charge in [0.1, 0.15) is 11.3 Å². The van der Waals surface area contributed by atoms with Crippen molar-refractivity contribution in [3.8, 4) is 0 Å². The Labute approximate surface area is 166 Å². The Kier molecular flexibility index (Phi) is 4.92. The predicted octanol–water partition coefficient (Wildman–Crippen LogP) is 4.81. The highest BCUT2D eigenvalue weighted by Crippen LogP contribution is 2.32. The van der Waals surface area contributed by atoms with E-state index >= 15 is 0 Å². The average molecular weight is 394 g/mol. The second-order valence-corrected chi connectivity index (χ2v) is 7.46. The van der Waals surface area contributed by atoms with Crippen LogP contribution in [0.4, 0.5) is 9.52 Å². The summed E-state index contributed by atoms with van der Waals surface area (Å²) < 4.78 is 16.6. The molecule has 0 spiro atoms. The first-order valence-electron chi connectivity index (χ1n) is 9.02. The van der Waals surface area contributed by atoms with Crippen molar-refractivity contribution >= 4 is 32.6 Å². The van der Waals surface area contributed by atoms with Crippen molar-refractivity contribution in [1.82, 2.24) is 14.8 Å². The summed E-state index contributed by atoms with van der Waals surface area (Å²) in [5.41, 5.74) is 2.52. The largest absolute Gasteiger partial charge is 0.280 e. The van der Waals surface area contributed by atoms with Crippen LogP contribution in [0.25, 0.3) is 10.2 Å². The summed E-state index contributed by atoms with van der Waals surface area (Å²) >= 11 is 1.30. The van der Waals surface area contributed by atoms with Gasteiger partial charge in [-0.3, -0.25) is 14.4 Å². The number of fused-ring (bicyclic) bond motifs is 1. The molecule has 5 nitrogen and oxygen atoms in total. The van der Waals surface area contributed by atoms with Crippen LogP contribution in [0.1, 0.15) is 28.7 Å². The van der Waals surface area contributed by atoms with E-state index in [9.17, 15) is 9.18 Å². The van der Waals surface area contributed by atoms with Crippen LogP contribution in [0.2, 0.25) is 0 Å². The Bertz CT molecular complexity index is 1140. The number of halogens is 1. The first-order valence-corrected chi connectivity index (χ1v) is 9.83. The third-order valence-corrected chi connectivity index (χ3v) is 5.56. The standard InChI is InChI=1S/C21H19FN4OS/c1-3-26-14(2)12-17(24-26)20(27)25(13-15-8-5-4-6-9-15)21-23-19-16(22)10-7-11-18(19)28-21/h4-12H,3,13H2,1-2H3. The first-order chi connectivity index (χ1) is 13.6. The number of anilines is 1. The molecule has 4 rings (SSSR count). The smallest absolute Gasteiger partial charge is 0.278 e. The maximum absolute atomic E-state index is 14.1. The van der Waals surface area contributed by atoms with E-state index < -0.39 is 5.82 Å². The zero-order valence-corrected chi connectivity index (χ0v) is 16.4.